The molecule has 0 radical (unpaired) electrons. The molecule has 0 bridgehead atoms. The van der Waals surface area contributed by atoms with Gasteiger partial charge >= 0.3 is 6.03 Å². The molecule has 110 valence electrons. The van der Waals surface area contributed by atoms with E-state index in [9.17, 15) is 4.79 Å². The first-order valence-electron chi connectivity index (χ1n) is 7.03. The Bertz CT molecular complexity index is 767. The van der Waals surface area contributed by atoms with Gasteiger partial charge in [-0.25, -0.2) is 4.79 Å². The second kappa shape index (κ2) is 6.63. The van der Waals surface area contributed by atoms with E-state index >= 15 is 0 Å². The number of benzene rings is 3. The Hall–Kier alpha value is -3.01. The fourth-order valence-electron chi connectivity index (χ4n) is 2.20. The van der Waals surface area contributed by atoms with Crippen LogP contribution in [0.15, 0.2) is 72.8 Å². The van der Waals surface area contributed by atoms with Crippen LogP contribution in [0.3, 0.4) is 0 Å². The SMILES string of the molecule is O=C(NCOc1ccccc1)Nc1cccc2ccccc12. The Morgan fingerprint density at radius 1 is 0.864 bits per heavy atom. The summed E-state index contributed by atoms with van der Waals surface area (Å²) in [6, 6.07) is 22.8. The van der Waals surface area contributed by atoms with Crippen molar-refractivity contribution in [3.05, 3.63) is 72.8 Å². The van der Waals surface area contributed by atoms with Crippen molar-refractivity contribution in [1.82, 2.24) is 5.32 Å². The number of urea groups is 1. The zero-order valence-corrected chi connectivity index (χ0v) is 12.0. The molecule has 0 aliphatic heterocycles. The lowest BCUT2D eigenvalue weighted by atomic mass is 10.1. The molecule has 2 N–H and O–H groups in total. The molecule has 0 heterocycles. The minimum Gasteiger partial charge on any atom is -0.473 e. The number of nitrogens with one attached hydrogen (secondary N) is 2. The summed E-state index contributed by atoms with van der Waals surface area (Å²) in [6.07, 6.45) is 0. The van der Waals surface area contributed by atoms with Crippen LogP contribution in [0, 0.1) is 0 Å². The minimum absolute atomic E-state index is 0.112. The fourth-order valence-corrected chi connectivity index (χ4v) is 2.20. The van der Waals surface area contributed by atoms with Gasteiger partial charge in [0.25, 0.3) is 0 Å². The maximum atomic E-state index is 11.9. The van der Waals surface area contributed by atoms with Crippen molar-refractivity contribution in [1.29, 1.82) is 0 Å². The van der Waals surface area contributed by atoms with Crippen molar-refractivity contribution < 1.29 is 9.53 Å². The van der Waals surface area contributed by atoms with Gasteiger partial charge in [0.1, 0.15) is 5.75 Å². The molecule has 2 amide bonds. The number of carbonyl (C=O) groups is 1. The average molecular weight is 292 g/mol. The highest BCUT2D eigenvalue weighted by atomic mass is 16.5. The Labute approximate surface area is 128 Å². The van der Waals surface area contributed by atoms with Gasteiger partial charge in [-0.15, -0.1) is 0 Å². The summed E-state index contributed by atoms with van der Waals surface area (Å²) < 4.78 is 5.43. The van der Waals surface area contributed by atoms with Gasteiger partial charge in [0.15, 0.2) is 6.73 Å². The van der Waals surface area contributed by atoms with E-state index in [-0.39, 0.29) is 12.8 Å². The molecule has 0 spiro atoms. The standard InChI is InChI=1S/C18H16N2O2/c21-18(19-13-22-15-9-2-1-3-10-15)20-17-12-6-8-14-7-4-5-11-16(14)17/h1-12H,13H2,(H2,19,20,21). The summed E-state index contributed by atoms with van der Waals surface area (Å²) in [6.45, 7) is 0.112. The van der Waals surface area contributed by atoms with E-state index in [2.05, 4.69) is 10.6 Å². The van der Waals surface area contributed by atoms with Crippen molar-refractivity contribution in [3.63, 3.8) is 0 Å². The normalized spacial score (nSPS) is 10.2. The van der Waals surface area contributed by atoms with Crippen LogP contribution in [0.5, 0.6) is 5.75 Å². The smallest absolute Gasteiger partial charge is 0.321 e. The molecule has 3 aromatic rings. The van der Waals surface area contributed by atoms with Gasteiger partial charge in [-0.1, -0.05) is 54.6 Å². The maximum Gasteiger partial charge on any atom is 0.321 e. The highest BCUT2D eigenvalue weighted by Gasteiger charge is 2.04. The average Bonchev–Trinajstić information content (AvgIpc) is 2.56. The molecule has 3 rings (SSSR count). The van der Waals surface area contributed by atoms with Gasteiger partial charge in [-0.2, -0.15) is 0 Å². The lowest BCUT2D eigenvalue weighted by molar-refractivity contribution is 0.234. The van der Waals surface area contributed by atoms with Crippen molar-refractivity contribution in [2.24, 2.45) is 0 Å². The number of para-hydroxylation sites is 1. The molecule has 0 aromatic heterocycles. The quantitative estimate of drug-likeness (QED) is 0.714. The first-order chi connectivity index (χ1) is 10.8. The van der Waals surface area contributed by atoms with Gasteiger partial charge < -0.3 is 15.4 Å². The zero-order valence-electron chi connectivity index (χ0n) is 12.0. The Morgan fingerprint density at radius 2 is 1.59 bits per heavy atom. The first kappa shape index (κ1) is 13.9. The Kier molecular flexibility index (Phi) is 4.20. The van der Waals surface area contributed by atoms with Crippen LogP contribution < -0.4 is 15.4 Å². The van der Waals surface area contributed by atoms with E-state index in [1.807, 2.05) is 72.8 Å². The third-order valence-corrected chi connectivity index (χ3v) is 3.25. The van der Waals surface area contributed by atoms with Crippen LogP contribution in [-0.2, 0) is 0 Å². The van der Waals surface area contributed by atoms with Crippen LogP contribution in [0.1, 0.15) is 0 Å². The third kappa shape index (κ3) is 3.35. The number of rotatable bonds is 4. The number of amides is 2. The van der Waals surface area contributed by atoms with Crippen molar-refractivity contribution in [2.45, 2.75) is 0 Å². The largest absolute Gasteiger partial charge is 0.473 e. The van der Waals surface area contributed by atoms with E-state index in [1.54, 1.807) is 0 Å². The lowest BCUT2D eigenvalue weighted by Gasteiger charge is -2.11. The van der Waals surface area contributed by atoms with Crippen LogP contribution in [-0.4, -0.2) is 12.8 Å². The number of ether oxygens (including phenoxy) is 1. The molecule has 0 saturated heterocycles. The minimum atomic E-state index is -0.299. The van der Waals surface area contributed by atoms with Crippen molar-refractivity contribution in [2.75, 3.05) is 12.0 Å². The summed E-state index contributed by atoms with van der Waals surface area (Å²) in [5, 5.41) is 7.60. The van der Waals surface area contributed by atoms with Crippen molar-refractivity contribution in [3.8, 4) is 5.75 Å². The molecule has 0 unspecified atom stereocenters. The summed E-state index contributed by atoms with van der Waals surface area (Å²) in [5.41, 5.74) is 0.773. The lowest BCUT2D eigenvalue weighted by Crippen LogP contribution is -2.32. The second-order valence-corrected chi connectivity index (χ2v) is 4.76. The van der Waals surface area contributed by atoms with Gasteiger partial charge in [-0.05, 0) is 23.6 Å². The Morgan fingerprint density at radius 3 is 2.45 bits per heavy atom. The van der Waals surface area contributed by atoms with Gasteiger partial charge in [-0.3, -0.25) is 0 Å². The zero-order chi connectivity index (χ0) is 15.2. The van der Waals surface area contributed by atoms with Crippen molar-refractivity contribution >= 4 is 22.5 Å². The monoisotopic (exact) mass is 292 g/mol. The molecule has 0 atom stereocenters. The van der Waals surface area contributed by atoms with E-state index < -0.39 is 0 Å². The molecule has 0 saturated carbocycles. The molecule has 0 aliphatic carbocycles. The Balaban J connectivity index is 1.59. The van der Waals surface area contributed by atoms with Crippen LogP contribution in [0.25, 0.3) is 10.8 Å². The molecule has 0 aliphatic rings. The molecule has 3 aromatic carbocycles. The number of carbonyl (C=O) groups excluding carboxylic acids is 1. The van der Waals surface area contributed by atoms with Crippen LogP contribution >= 0.6 is 0 Å². The van der Waals surface area contributed by atoms with E-state index in [1.165, 1.54) is 0 Å². The number of hydrogen-bond donors (Lipinski definition) is 2. The highest BCUT2D eigenvalue weighted by molar-refractivity contribution is 6.01. The van der Waals surface area contributed by atoms with Gasteiger partial charge in [0, 0.05) is 5.39 Å². The molecular formula is C18H16N2O2. The van der Waals surface area contributed by atoms with E-state index in [4.69, 9.17) is 4.74 Å². The number of fused-ring (bicyclic) bond motifs is 1. The third-order valence-electron chi connectivity index (χ3n) is 3.25. The topological polar surface area (TPSA) is 50.4 Å². The summed E-state index contributed by atoms with van der Waals surface area (Å²) in [5.74, 6) is 0.716. The maximum absolute atomic E-state index is 11.9. The number of hydrogen-bond acceptors (Lipinski definition) is 2. The van der Waals surface area contributed by atoms with Crippen LogP contribution in [0.2, 0.25) is 0 Å². The molecule has 4 heteroatoms. The molecule has 4 nitrogen and oxygen atoms in total. The van der Waals surface area contributed by atoms with Gasteiger partial charge in [0.2, 0.25) is 0 Å². The first-order valence-corrected chi connectivity index (χ1v) is 7.03. The predicted octanol–water partition coefficient (Wildman–Crippen LogP) is 4.00. The van der Waals surface area contributed by atoms with Gasteiger partial charge in [0.05, 0.1) is 5.69 Å². The fraction of sp³-hybridized carbons (Fsp3) is 0.0556. The summed E-state index contributed by atoms with van der Waals surface area (Å²) in [4.78, 5) is 11.9. The summed E-state index contributed by atoms with van der Waals surface area (Å²) >= 11 is 0. The molecule has 0 fully saturated rings. The molecule has 22 heavy (non-hydrogen) atoms. The molecular weight excluding hydrogens is 276 g/mol. The predicted molar refractivity (Wildman–Crippen MR) is 88.0 cm³/mol. The number of anilines is 1. The van der Waals surface area contributed by atoms with E-state index in [0.717, 1.165) is 16.5 Å². The van der Waals surface area contributed by atoms with E-state index in [0.29, 0.717) is 5.75 Å². The van der Waals surface area contributed by atoms with Crippen LogP contribution in [0.4, 0.5) is 10.5 Å². The summed E-state index contributed by atoms with van der Waals surface area (Å²) in [7, 11) is 0. The second-order valence-electron chi connectivity index (χ2n) is 4.76. The highest BCUT2D eigenvalue weighted by Crippen LogP contribution is 2.22.